The van der Waals surface area contributed by atoms with E-state index in [1.807, 2.05) is 6.92 Å². The second-order valence-electron chi connectivity index (χ2n) is 4.42. The molecule has 2 aromatic heterocycles. The second kappa shape index (κ2) is 6.18. The fourth-order valence-corrected chi connectivity index (χ4v) is 1.63. The summed E-state index contributed by atoms with van der Waals surface area (Å²) in [6, 6.07) is -0.194. The van der Waals surface area contributed by atoms with Gasteiger partial charge in [0.15, 0.2) is 5.82 Å². The van der Waals surface area contributed by atoms with E-state index in [4.69, 9.17) is 4.52 Å². The van der Waals surface area contributed by atoms with Gasteiger partial charge in [-0.3, -0.25) is 4.68 Å². The van der Waals surface area contributed by atoms with Crippen molar-refractivity contribution in [3.8, 4) is 0 Å². The fraction of sp³-hybridized carbons (Fsp3) is 0.500. The summed E-state index contributed by atoms with van der Waals surface area (Å²) in [7, 11) is 1.71. The molecule has 108 valence electrons. The van der Waals surface area contributed by atoms with Crippen molar-refractivity contribution in [1.29, 1.82) is 0 Å². The standard InChI is InChI=1S/C12H18N6O2/c1-4-18-8-10(7-13-18)15-12(19)17(3)6-5-11-14-9(2)20-16-11/h7-8H,4-6H2,1-3H3,(H,15,19). The zero-order valence-corrected chi connectivity index (χ0v) is 11.8. The summed E-state index contributed by atoms with van der Waals surface area (Å²) in [5, 5.41) is 10.7. The predicted molar refractivity (Wildman–Crippen MR) is 72.3 cm³/mol. The number of anilines is 1. The van der Waals surface area contributed by atoms with Gasteiger partial charge in [-0.15, -0.1) is 0 Å². The summed E-state index contributed by atoms with van der Waals surface area (Å²) in [5.74, 6) is 1.13. The first-order valence-electron chi connectivity index (χ1n) is 6.42. The molecule has 0 aromatic carbocycles. The molecule has 0 bridgehead atoms. The van der Waals surface area contributed by atoms with Gasteiger partial charge in [0.2, 0.25) is 5.89 Å². The van der Waals surface area contributed by atoms with Crippen LogP contribution < -0.4 is 5.32 Å². The van der Waals surface area contributed by atoms with Crippen molar-refractivity contribution in [1.82, 2.24) is 24.8 Å². The van der Waals surface area contributed by atoms with Gasteiger partial charge in [-0.05, 0) is 6.92 Å². The van der Waals surface area contributed by atoms with Crippen LogP contribution in [0.5, 0.6) is 0 Å². The van der Waals surface area contributed by atoms with Crippen LogP contribution in [0.4, 0.5) is 10.5 Å². The van der Waals surface area contributed by atoms with Gasteiger partial charge in [-0.1, -0.05) is 5.16 Å². The van der Waals surface area contributed by atoms with Gasteiger partial charge in [0.1, 0.15) is 0 Å². The van der Waals surface area contributed by atoms with E-state index < -0.39 is 0 Å². The highest BCUT2D eigenvalue weighted by Crippen LogP contribution is 2.06. The molecule has 8 heteroatoms. The van der Waals surface area contributed by atoms with Gasteiger partial charge >= 0.3 is 6.03 Å². The van der Waals surface area contributed by atoms with Crippen molar-refractivity contribution in [3.05, 3.63) is 24.1 Å². The zero-order valence-electron chi connectivity index (χ0n) is 11.8. The highest BCUT2D eigenvalue weighted by molar-refractivity contribution is 5.88. The molecule has 1 N–H and O–H groups in total. The van der Waals surface area contributed by atoms with Crippen LogP contribution in [0.2, 0.25) is 0 Å². The molecule has 0 radical (unpaired) electrons. The van der Waals surface area contributed by atoms with E-state index in [1.54, 1.807) is 35.9 Å². The molecule has 0 unspecified atom stereocenters. The van der Waals surface area contributed by atoms with Crippen LogP contribution in [-0.4, -0.2) is 44.4 Å². The third-order valence-electron chi connectivity index (χ3n) is 2.80. The molecule has 2 heterocycles. The number of urea groups is 1. The lowest BCUT2D eigenvalue weighted by Crippen LogP contribution is -2.33. The van der Waals surface area contributed by atoms with Crippen molar-refractivity contribution in [2.75, 3.05) is 18.9 Å². The number of hydrogen-bond acceptors (Lipinski definition) is 5. The SMILES string of the molecule is CCn1cc(NC(=O)N(C)CCc2noc(C)n2)cn1. The number of likely N-dealkylation sites (N-methyl/N-ethyl adjacent to an activating group) is 1. The van der Waals surface area contributed by atoms with E-state index in [2.05, 4.69) is 20.6 Å². The molecule has 2 rings (SSSR count). The maximum Gasteiger partial charge on any atom is 0.321 e. The van der Waals surface area contributed by atoms with E-state index in [1.165, 1.54) is 0 Å². The van der Waals surface area contributed by atoms with Crippen molar-refractivity contribution < 1.29 is 9.32 Å². The maximum absolute atomic E-state index is 12.0. The average Bonchev–Trinajstić information content (AvgIpc) is 3.04. The number of rotatable bonds is 5. The number of hydrogen-bond donors (Lipinski definition) is 1. The molecule has 0 saturated carbocycles. The average molecular weight is 278 g/mol. The Bertz CT molecular complexity index is 576. The normalized spacial score (nSPS) is 10.6. The Morgan fingerprint density at radius 3 is 2.95 bits per heavy atom. The maximum atomic E-state index is 12.0. The molecular weight excluding hydrogens is 260 g/mol. The number of amides is 2. The minimum absolute atomic E-state index is 0.194. The molecule has 0 fully saturated rings. The summed E-state index contributed by atoms with van der Waals surface area (Å²) in [6.45, 7) is 4.99. The first-order valence-corrected chi connectivity index (χ1v) is 6.42. The molecule has 8 nitrogen and oxygen atoms in total. The summed E-state index contributed by atoms with van der Waals surface area (Å²) in [4.78, 5) is 17.6. The zero-order chi connectivity index (χ0) is 14.5. The van der Waals surface area contributed by atoms with Crippen LogP contribution in [0.15, 0.2) is 16.9 Å². The minimum atomic E-state index is -0.194. The van der Waals surface area contributed by atoms with Gasteiger partial charge in [0.25, 0.3) is 0 Å². The summed E-state index contributed by atoms with van der Waals surface area (Å²) < 4.78 is 6.62. The lowest BCUT2D eigenvalue weighted by molar-refractivity contribution is 0.222. The molecule has 2 aromatic rings. The van der Waals surface area contributed by atoms with E-state index in [9.17, 15) is 4.79 Å². The number of nitrogens with one attached hydrogen (secondary N) is 1. The minimum Gasteiger partial charge on any atom is -0.340 e. The molecule has 0 aliphatic heterocycles. The van der Waals surface area contributed by atoms with Crippen LogP contribution >= 0.6 is 0 Å². The molecule has 0 saturated heterocycles. The van der Waals surface area contributed by atoms with Crippen LogP contribution in [0.1, 0.15) is 18.6 Å². The molecular formula is C12H18N6O2. The van der Waals surface area contributed by atoms with E-state index >= 15 is 0 Å². The van der Waals surface area contributed by atoms with Gasteiger partial charge < -0.3 is 14.7 Å². The first kappa shape index (κ1) is 14.0. The van der Waals surface area contributed by atoms with Gasteiger partial charge in [0, 0.05) is 39.7 Å². The lowest BCUT2D eigenvalue weighted by atomic mass is 10.4. The second-order valence-corrected chi connectivity index (χ2v) is 4.42. The Balaban J connectivity index is 1.82. The molecule has 0 aliphatic carbocycles. The lowest BCUT2D eigenvalue weighted by Gasteiger charge is -2.16. The summed E-state index contributed by atoms with van der Waals surface area (Å²) in [6.07, 6.45) is 3.96. The monoisotopic (exact) mass is 278 g/mol. The Kier molecular flexibility index (Phi) is 4.34. The van der Waals surface area contributed by atoms with E-state index in [0.717, 1.165) is 6.54 Å². The third-order valence-corrected chi connectivity index (χ3v) is 2.80. The van der Waals surface area contributed by atoms with Crippen LogP contribution in [0.25, 0.3) is 0 Å². The Hall–Kier alpha value is -2.38. The summed E-state index contributed by atoms with van der Waals surface area (Å²) in [5.41, 5.74) is 0.680. The third kappa shape index (κ3) is 3.56. The number of carbonyl (C=O) groups is 1. The molecule has 0 atom stereocenters. The Labute approximate surface area is 116 Å². The highest BCUT2D eigenvalue weighted by atomic mass is 16.5. The molecule has 0 spiro atoms. The van der Waals surface area contributed by atoms with Gasteiger partial charge in [0.05, 0.1) is 11.9 Å². The van der Waals surface area contributed by atoms with Crippen LogP contribution in [-0.2, 0) is 13.0 Å². The van der Waals surface area contributed by atoms with Crippen molar-refractivity contribution in [2.45, 2.75) is 26.8 Å². The number of aromatic nitrogens is 4. The first-order chi connectivity index (χ1) is 9.58. The predicted octanol–water partition coefficient (Wildman–Crippen LogP) is 1.30. The van der Waals surface area contributed by atoms with E-state index in [0.29, 0.717) is 30.4 Å². The van der Waals surface area contributed by atoms with Crippen molar-refractivity contribution in [3.63, 3.8) is 0 Å². The Morgan fingerprint density at radius 1 is 1.55 bits per heavy atom. The molecule has 0 aliphatic rings. The fourth-order valence-electron chi connectivity index (χ4n) is 1.63. The van der Waals surface area contributed by atoms with Crippen molar-refractivity contribution in [2.24, 2.45) is 0 Å². The van der Waals surface area contributed by atoms with Crippen molar-refractivity contribution >= 4 is 11.7 Å². The summed E-state index contributed by atoms with van der Waals surface area (Å²) >= 11 is 0. The Morgan fingerprint density at radius 2 is 2.35 bits per heavy atom. The largest absolute Gasteiger partial charge is 0.340 e. The highest BCUT2D eigenvalue weighted by Gasteiger charge is 2.11. The quantitative estimate of drug-likeness (QED) is 0.890. The van der Waals surface area contributed by atoms with Crippen LogP contribution in [0, 0.1) is 6.92 Å². The molecule has 2 amide bonds. The topological polar surface area (TPSA) is 89.1 Å². The number of aryl methyl sites for hydroxylation is 2. The number of carbonyl (C=O) groups excluding carboxylic acids is 1. The smallest absolute Gasteiger partial charge is 0.321 e. The molecule has 20 heavy (non-hydrogen) atoms. The van der Waals surface area contributed by atoms with Crippen LogP contribution in [0.3, 0.4) is 0 Å². The number of nitrogens with zero attached hydrogens (tertiary/aromatic N) is 5. The van der Waals surface area contributed by atoms with E-state index in [-0.39, 0.29) is 6.03 Å². The van der Waals surface area contributed by atoms with Gasteiger partial charge in [-0.2, -0.15) is 10.1 Å². The van der Waals surface area contributed by atoms with Gasteiger partial charge in [-0.25, -0.2) is 4.79 Å².